The summed E-state index contributed by atoms with van der Waals surface area (Å²) in [4.78, 5) is 26.2. The second kappa shape index (κ2) is 52.8. The second-order valence-electron chi connectivity index (χ2n) is 19.3. The monoisotopic (exact) mass is 912 g/mol. The molecular weight excluding hydrogens is 803 g/mol. The van der Waals surface area contributed by atoms with Gasteiger partial charge in [-0.2, -0.15) is 0 Å². The van der Waals surface area contributed by atoms with E-state index in [9.17, 15) is 19.8 Å². The SMILES string of the molecule is CC/C=C/C/C=C/CCCCCCCC(CC(=O)NC(CO)C(O)CCCCCCCCCCCCCCCCC)OC(=O)CCCCCCCCCCC/C=C\C/C=C\CCCCC. The molecule has 0 aliphatic rings. The van der Waals surface area contributed by atoms with E-state index in [4.69, 9.17) is 4.74 Å². The van der Waals surface area contributed by atoms with Gasteiger partial charge in [0.15, 0.2) is 0 Å². The number of ether oxygens (including phenoxy) is 1. The first-order chi connectivity index (χ1) is 32.0. The van der Waals surface area contributed by atoms with E-state index in [0.717, 1.165) is 83.5 Å². The Hall–Kier alpha value is -2.18. The minimum absolute atomic E-state index is 0.0675. The fourth-order valence-electron chi connectivity index (χ4n) is 8.62. The lowest BCUT2D eigenvalue weighted by atomic mass is 10.0. The third-order valence-electron chi connectivity index (χ3n) is 12.9. The number of hydrogen-bond acceptors (Lipinski definition) is 5. The van der Waals surface area contributed by atoms with Crippen LogP contribution in [0.15, 0.2) is 48.6 Å². The fourth-order valence-corrected chi connectivity index (χ4v) is 8.62. The summed E-state index contributed by atoms with van der Waals surface area (Å²) in [5.74, 6) is -0.484. The maximum Gasteiger partial charge on any atom is 0.306 e. The van der Waals surface area contributed by atoms with Gasteiger partial charge in [-0.15, -0.1) is 0 Å². The van der Waals surface area contributed by atoms with Crippen LogP contribution in [0.5, 0.6) is 0 Å². The van der Waals surface area contributed by atoms with Gasteiger partial charge in [0.05, 0.1) is 25.2 Å². The van der Waals surface area contributed by atoms with Crippen LogP contribution in [0.25, 0.3) is 0 Å². The number of aliphatic hydroxyl groups is 2. The first-order valence-corrected chi connectivity index (χ1v) is 28.4. The Morgan fingerprint density at radius 2 is 0.831 bits per heavy atom. The molecule has 0 aromatic rings. The van der Waals surface area contributed by atoms with Crippen LogP contribution in [0, 0.1) is 0 Å². The van der Waals surface area contributed by atoms with E-state index in [-0.39, 0.29) is 24.9 Å². The van der Waals surface area contributed by atoms with Crippen LogP contribution in [0.3, 0.4) is 0 Å². The molecule has 0 rings (SSSR count). The van der Waals surface area contributed by atoms with Gasteiger partial charge in [-0.3, -0.25) is 9.59 Å². The standard InChI is InChI=1S/C59H109NO5/c1-4-7-10-13-16-19-22-25-27-28-29-30-32-34-37-40-43-46-49-52-59(64)65-55(50-47-44-41-38-35-24-21-18-15-12-9-6-3)53-58(63)60-56(54-61)57(62)51-48-45-42-39-36-33-31-26-23-20-17-14-11-8-5-2/h9,12,16,18-19,21,25,27,55-57,61-62H,4-8,10-11,13-15,17,20,22-24,26,28-54H2,1-3H3,(H,60,63)/b12-9+,19-16-,21-18+,27-25-. The Kier molecular flexibility index (Phi) is 51.0. The van der Waals surface area contributed by atoms with Gasteiger partial charge < -0.3 is 20.3 Å². The zero-order valence-electron chi connectivity index (χ0n) is 43.4. The van der Waals surface area contributed by atoms with Gasteiger partial charge in [0.2, 0.25) is 5.91 Å². The zero-order chi connectivity index (χ0) is 47.4. The molecule has 0 radical (unpaired) electrons. The van der Waals surface area contributed by atoms with E-state index in [1.807, 2.05) is 0 Å². The van der Waals surface area contributed by atoms with Crippen molar-refractivity contribution >= 4 is 11.9 Å². The molecule has 0 aromatic carbocycles. The number of carbonyl (C=O) groups excluding carboxylic acids is 2. The molecule has 0 saturated heterocycles. The van der Waals surface area contributed by atoms with Crippen molar-refractivity contribution in [1.29, 1.82) is 0 Å². The molecule has 0 spiro atoms. The van der Waals surface area contributed by atoms with Gasteiger partial charge in [-0.1, -0.05) is 243 Å². The van der Waals surface area contributed by atoms with Crippen molar-refractivity contribution < 1.29 is 24.5 Å². The van der Waals surface area contributed by atoms with Crippen LogP contribution < -0.4 is 5.32 Å². The number of hydrogen-bond donors (Lipinski definition) is 3. The zero-order valence-corrected chi connectivity index (χ0v) is 43.4. The lowest BCUT2D eigenvalue weighted by Gasteiger charge is -2.24. The number of amides is 1. The molecular formula is C59H109NO5. The van der Waals surface area contributed by atoms with Crippen molar-refractivity contribution in [2.75, 3.05) is 6.61 Å². The summed E-state index contributed by atoms with van der Waals surface area (Å²) >= 11 is 0. The fraction of sp³-hybridized carbons (Fsp3) is 0.831. The molecule has 65 heavy (non-hydrogen) atoms. The molecule has 6 heteroatoms. The van der Waals surface area contributed by atoms with E-state index in [1.54, 1.807) is 0 Å². The Balaban J connectivity index is 4.49. The van der Waals surface area contributed by atoms with Crippen LogP contribution in [0.4, 0.5) is 0 Å². The molecule has 6 nitrogen and oxygen atoms in total. The van der Waals surface area contributed by atoms with Crippen molar-refractivity contribution in [3.05, 3.63) is 48.6 Å². The molecule has 380 valence electrons. The highest BCUT2D eigenvalue weighted by Crippen LogP contribution is 2.18. The van der Waals surface area contributed by atoms with Crippen LogP contribution in [-0.4, -0.2) is 46.9 Å². The highest BCUT2D eigenvalue weighted by molar-refractivity contribution is 5.77. The number of unbranched alkanes of at least 4 members (excludes halogenated alkanes) is 31. The summed E-state index contributed by atoms with van der Waals surface area (Å²) in [7, 11) is 0. The van der Waals surface area contributed by atoms with Crippen molar-refractivity contribution in [2.24, 2.45) is 0 Å². The Morgan fingerprint density at radius 3 is 1.28 bits per heavy atom. The molecule has 0 aliphatic heterocycles. The third kappa shape index (κ3) is 48.1. The van der Waals surface area contributed by atoms with Gasteiger partial charge in [-0.05, 0) is 83.5 Å². The molecule has 0 saturated carbocycles. The van der Waals surface area contributed by atoms with E-state index >= 15 is 0 Å². The molecule has 1 amide bonds. The maximum atomic E-state index is 13.2. The van der Waals surface area contributed by atoms with Crippen LogP contribution >= 0.6 is 0 Å². The predicted molar refractivity (Wildman–Crippen MR) is 282 cm³/mol. The average molecular weight is 913 g/mol. The summed E-state index contributed by atoms with van der Waals surface area (Å²) in [5.41, 5.74) is 0. The molecule has 0 aliphatic carbocycles. The first kappa shape index (κ1) is 62.8. The number of nitrogens with one attached hydrogen (secondary N) is 1. The lowest BCUT2D eigenvalue weighted by Crippen LogP contribution is -2.46. The van der Waals surface area contributed by atoms with Gasteiger partial charge in [0.1, 0.15) is 6.10 Å². The summed E-state index contributed by atoms with van der Waals surface area (Å²) in [6.07, 6.45) is 64.6. The summed E-state index contributed by atoms with van der Waals surface area (Å²) < 4.78 is 5.95. The number of aliphatic hydroxyl groups excluding tert-OH is 2. The Bertz CT molecular complexity index is 1110. The number of rotatable bonds is 51. The molecule has 3 atom stereocenters. The largest absolute Gasteiger partial charge is 0.462 e. The average Bonchev–Trinajstić information content (AvgIpc) is 3.30. The van der Waals surface area contributed by atoms with Gasteiger partial charge >= 0.3 is 5.97 Å². The van der Waals surface area contributed by atoms with E-state index < -0.39 is 18.2 Å². The normalized spacial score (nSPS) is 13.5. The smallest absolute Gasteiger partial charge is 0.306 e. The number of allylic oxidation sites excluding steroid dienone is 8. The molecule has 0 fully saturated rings. The minimum Gasteiger partial charge on any atom is -0.462 e. The summed E-state index contributed by atoms with van der Waals surface area (Å²) in [5, 5.41) is 23.9. The van der Waals surface area contributed by atoms with E-state index in [2.05, 4.69) is 74.7 Å². The van der Waals surface area contributed by atoms with Gasteiger partial charge in [0.25, 0.3) is 0 Å². The van der Waals surface area contributed by atoms with Gasteiger partial charge in [-0.25, -0.2) is 0 Å². The molecule has 0 aromatic heterocycles. The van der Waals surface area contributed by atoms with Crippen molar-refractivity contribution in [1.82, 2.24) is 5.32 Å². The van der Waals surface area contributed by atoms with Crippen LogP contribution in [-0.2, 0) is 14.3 Å². The van der Waals surface area contributed by atoms with Crippen molar-refractivity contribution in [2.45, 2.75) is 309 Å². The lowest BCUT2D eigenvalue weighted by molar-refractivity contribution is -0.151. The van der Waals surface area contributed by atoms with Crippen molar-refractivity contribution in [3.8, 4) is 0 Å². The summed E-state index contributed by atoms with van der Waals surface area (Å²) in [6.45, 7) is 6.37. The Labute approximate surface area is 404 Å². The molecule has 3 unspecified atom stereocenters. The second-order valence-corrected chi connectivity index (χ2v) is 19.3. The van der Waals surface area contributed by atoms with Crippen LogP contribution in [0.1, 0.15) is 290 Å². The maximum absolute atomic E-state index is 13.2. The quantitative estimate of drug-likeness (QED) is 0.0321. The van der Waals surface area contributed by atoms with E-state index in [1.165, 1.54) is 161 Å². The van der Waals surface area contributed by atoms with Gasteiger partial charge in [0, 0.05) is 6.42 Å². The number of esters is 1. The first-order valence-electron chi connectivity index (χ1n) is 28.4. The Morgan fingerprint density at radius 1 is 0.462 bits per heavy atom. The highest BCUT2D eigenvalue weighted by atomic mass is 16.5. The van der Waals surface area contributed by atoms with Crippen molar-refractivity contribution in [3.63, 3.8) is 0 Å². The number of carbonyl (C=O) groups is 2. The predicted octanol–water partition coefficient (Wildman–Crippen LogP) is 17.4. The third-order valence-corrected chi connectivity index (χ3v) is 12.9. The highest BCUT2D eigenvalue weighted by Gasteiger charge is 2.24. The molecule has 0 heterocycles. The molecule has 0 bridgehead atoms. The minimum atomic E-state index is -0.792. The molecule has 3 N–H and O–H groups in total. The summed E-state index contributed by atoms with van der Waals surface area (Å²) in [6, 6.07) is -0.707. The van der Waals surface area contributed by atoms with Crippen LogP contribution in [0.2, 0.25) is 0 Å². The topological polar surface area (TPSA) is 95.9 Å². The van der Waals surface area contributed by atoms with E-state index in [0.29, 0.717) is 19.3 Å².